The summed E-state index contributed by atoms with van der Waals surface area (Å²) in [6.07, 6.45) is 0. The first-order chi connectivity index (χ1) is 10.9. The van der Waals surface area contributed by atoms with E-state index in [1.165, 1.54) is 12.1 Å². The molecular weight excluding hydrogens is 295 g/mol. The number of carbonyl (C=O) groups excluding carboxylic acids is 1. The Morgan fingerprint density at radius 1 is 1.13 bits per heavy atom. The van der Waals surface area contributed by atoms with Crippen LogP contribution in [0.5, 0.6) is 5.75 Å². The fraction of sp³-hybridized carbons (Fsp3) is 0.222. The predicted octanol–water partition coefficient (Wildman–Crippen LogP) is 3.36. The number of rotatable bonds is 5. The van der Waals surface area contributed by atoms with E-state index in [4.69, 9.17) is 4.74 Å². The Balaban J connectivity index is 1.89. The molecule has 0 fully saturated rings. The van der Waals surface area contributed by atoms with Crippen molar-refractivity contribution in [1.29, 1.82) is 0 Å². The van der Waals surface area contributed by atoms with Gasteiger partial charge < -0.3 is 4.74 Å². The first-order valence-corrected chi connectivity index (χ1v) is 7.24. The number of hydrogen-bond acceptors (Lipinski definition) is 3. The van der Waals surface area contributed by atoms with Crippen LogP contribution < -0.4 is 10.2 Å². The van der Waals surface area contributed by atoms with Gasteiger partial charge in [-0.15, -0.1) is 0 Å². The minimum atomic E-state index is -0.356. The summed E-state index contributed by atoms with van der Waals surface area (Å²) in [7, 11) is 0. The van der Waals surface area contributed by atoms with Crippen LogP contribution in [0.15, 0.2) is 47.6 Å². The molecule has 0 saturated carbocycles. The zero-order valence-corrected chi connectivity index (χ0v) is 13.4. The van der Waals surface area contributed by atoms with Gasteiger partial charge in [0.15, 0.2) is 6.61 Å². The second kappa shape index (κ2) is 7.54. The van der Waals surface area contributed by atoms with Crippen molar-refractivity contribution in [2.24, 2.45) is 5.10 Å². The third kappa shape index (κ3) is 5.21. The van der Waals surface area contributed by atoms with Gasteiger partial charge in [-0.25, -0.2) is 9.82 Å². The van der Waals surface area contributed by atoms with E-state index in [0.717, 1.165) is 16.7 Å². The zero-order valence-electron chi connectivity index (χ0n) is 13.4. The molecule has 0 bridgehead atoms. The maximum absolute atomic E-state index is 12.9. The van der Waals surface area contributed by atoms with E-state index < -0.39 is 0 Å². The summed E-state index contributed by atoms with van der Waals surface area (Å²) in [5.41, 5.74) is 5.90. The monoisotopic (exact) mass is 314 g/mol. The van der Waals surface area contributed by atoms with Crippen molar-refractivity contribution in [1.82, 2.24) is 5.43 Å². The summed E-state index contributed by atoms with van der Waals surface area (Å²) in [5.74, 6) is -0.0186. The van der Waals surface area contributed by atoms with Crippen LogP contribution in [0.3, 0.4) is 0 Å². The molecule has 0 radical (unpaired) electrons. The molecule has 23 heavy (non-hydrogen) atoms. The molecule has 0 heterocycles. The third-order valence-electron chi connectivity index (χ3n) is 3.18. The Kier molecular flexibility index (Phi) is 5.46. The smallest absolute Gasteiger partial charge is 0.277 e. The third-order valence-corrected chi connectivity index (χ3v) is 3.18. The SMILES string of the molecule is CC(=NNC(=O)COc1cc(C)cc(C)c1)c1ccc(F)cc1. The van der Waals surface area contributed by atoms with Crippen molar-refractivity contribution in [2.45, 2.75) is 20.8 Å². The molecule has 0 atom stereocenters. The van der Waals surface area contributed by atoms with E-state index in [2.05, 4.69) is 10.5 Å². The summed E-state index contributed by atoms with van der Waals surface area (Å²) in [5, 5.41) is 3.99. The molecule has 0 saturated heterocycles. The van der Waals surface area contributed by atoms with Crippen molar-refractivity contribution in [2.75, 3.05) is 6.61 Å². The van der Waals surface area contributed by atoms with Crippen LogP contribution in [0.1, 0.15) is 23.6 Å². The van der Waals surface area contributed by atoms with Crippen LogP contribution >= 0.6 is 0 Å². The van der Waals surface area contributed by atoms with E-state index in [1.54, 1.807) is 19.1 Å². The van der Waals surface area contributed by atoms with Gasteiger partial charge in [0.05, 0.1) is 5.71 Å². The summed E-state index contributed by atoms with van der Waals surface area (Å²) in [4.78, 5) is 11.8. The second-order valence-corrected chi connectivity index (χ2v) is 5.35. The second-order valence-electron chi connectivity index (χ2n) is 5.35. The lowest BCUT2D eigenvalue weighted by Crippen LogP contribution is -2.25. The molecule has 0 aliphatic rings. The topological polar surface area (TPSA) is 50.7 Å². The summed E-state index contributed by atoms with van der Waals surface area (Å²) in [6.45, 7) is 5.55. The molecule has 1 N–H and O–H groups in total. The fourth-order valence-electron chi connectivity index (χ4n) is 2.10. The molecule has 0 aliphatic carbocycles. The van der Waals surface area contributed by atoms with Crippen molar-refractivity contribution >= 4 is 11.6 Å². The molecule has 4 nitrogen and oxygen atoms in total. The fourth-order valence-corrected chi connectivity index (χ4v) is 2.10. The molecule has 0 aliphatic heterocycles. The minimum Gasteiger partial charge on any atom is -0.484 e. The van der Waals surface area contributed by atoms with E-state index in [1.807, 2.05) is 32.0 Å². The van der Waals surface area contributed by atoms with Crippen LogP contribution in [0.25, 0.3) is 0 Å². The van der Waals surface area contributed by atoms with Gasteiger partial charge in [-0.3, -0.25) is 4.79 Å². The molecule has 1 amide bonds. The van der Waals surface area contributed by atoms with Crippen molar-refractivity contribution in [3.8, 4) is 5.75 Å². The van der Waals surface area contributed by atoms with E-state index >= 15 is 0 Å². The highest BCUT2D eigenvalue weighted by Gasteiger charge is 2.04. The van der Waals surface area contributed by atoms with Crippen LogP contribution in [0.4, 0.5) is 4.39 Å². The summed E-state index contributed by atoms with van der Waals surface area (Å²) in [6, 6.07) is 11.7. The van der Waals surface area contributed by atoms with Crippen molar-refractivity contribution in [3.05, 3.63) is 65.0 Å². The Hall–Kier alpha value is -2.69. The van der Waals surface area contributed by atoms with Gasteiger partial charge in [0.2, 0.25) is 0 Å². The van der Waals surface area contributed by atoms with E-state index in [0.29, 0.717) is 11.5 Å². The summed E-state index contributed by atoms with van der Waals surface area (Å²) < 4.78 is 18.3. The van der Waals surface area contributed by atoms with E-state index in [-0.39, 0.29) is 18.3 Å². The number of hydrazone groups is 1. The quantitative estimate of drug-likeness (QED) is 0.679. The van der Waals surface area contributed by atoms with Crippen LogP contribution in [0.2, 0.25) is 0 Å². The van der Waals surface area contributed by atoms with Crippen molar-refractivity contribution in [3.63, 3.8) is 0 Å². The molecular formula is C18H19FN2O2. The van der Waals surface area contributed by atoms with Gasteiger partial charge in [0.25, 0.3) is 5.91 Å². The largest absolute Gasteiger partial charge is 0.484 e. The highest BCUT2D eigenvalue weighted by molar-refractivity contribution is 5.99. The Labute approximate surface area is 135 Å². The van der Waals surface area contributed by atoms with Gasteiger partial charge in [0, 0.05) is 0 Å². The summed E-state index contributed by atoms with van der Waals surface area (Å²) >= 11 is 0. The molecule has 5 heteroatoms. The number of nitrogens with zero attached hydrogens (tertiary/aromatic N) is 1. The van der Waals surface area contributed by atoms with Gasteiger partial charge in [-0.2, -0.15) is 5.10 Å². The number of benzene rings is 2. The van der Waals surface area contributed by atoms with E-state index in [9.17, 15) is 9.18 Å². The Morgan fingerprint density at radius 3 is 2.35 bits per heavy atom. The molecule has 0 unspecified atom stereocenters. The standard InChI is InChI=1S/C18H19FN2O2/c1-12-8-13(2)10-17(9-12)23-11-18(22)21-20-14(3)15-4-6-16(19)7-5-15/h4-10H,11H2,1-3H3,(H,21,22). The number of amides is 1. The number of ether oxygens (including phenoxy) is 1. The van der Waals surface area contributed by atoms with Gasteiger partial charge in [-0.05, 0) is 61.7 Å². The lowest BCUT2D eigenvalue weighted by molar-refractivity contribution is -0.123. The molecule has 0 spiro atoms. The van der Waals surface area contributed by atoms with Crippen molar-refractivity contribution < 1.29 is 13.9 Å². The lowest BCUT2D eigenvalue weighted by atomic mass is 10.1. The highest BCUT2D eigenvalue weighted by atomic mass is 19.1. The zero-order chi connectivity index (χ0) is 16.8. The number of hydrogen-bond donors (Lipinski definition) is 1. The Morgan fingerprint density at radius 2 is 1.74 bits per heavy atom. The van der Waals surface area contributed by atoms with Crippen LogP contribution in [-0.2, 0) is 4.79 Å². The molecule has 2 aromatic rings. The maximum atomic E-state index is 12.9. The number of nitrogens with one attached hydrogen (secondary N) is 1. The Bertz CT molecular complexity index is 704. The lowest BCUT2D eigenvalue weighted by Gasteiger charge is -2.07. The molecule has 2 aromatic carbocycles. The molecule has 2 rings (SSSR count). The van der Waals surface area contributed by atoms with Crippen LogP contribution in [0, 0.1) is 19.7 Å². The number of aryl methyl sites for hydroxylation is 2. The first kappa shape index (κ1) is 16.7. The average Bonchev–Trinajstić information content (AvgIpc) is 2.50. The minimum absolute atomic E-state index is 0.122. The number of halogens is 1. The molecule has 120 valence electrons. The van der Waals surface area contributed by atoms with Gasteiger partial charge in [-0.1, -0.05) is 18.2 Å². The van der Waals surface area contributed by atoms with Gasteiger partial charge >= 0.3 is 0 Å². The van der Waals surface area contributed by atoms with Crippen LogP contribution in [-0.4, -0.2) is 18.2 Å². The maximum Gasteiger partial charge on any atom is 0.277 e. The van der Waals surface area contributed by atoms with Gasteiger partial charge in [0.1, 0.15) is 11.6 Å². The highest BCUT2D eigenvalue weighted by Crippen LogP contribution is 2.15. The number of carbonyl (C=O) groups is 1. The molecule has 0 aromatic heterocycles. The normalized spacial score (nSPS) is 11.2. The first-order valence-electron chi connectivity index (χ1n) is 7.24. The average molecular weight is 314 g/mol. The predicted molar refractivity (Wildman–Crippen MR) is 88.2 cm³/mol.